The summed E-state index contributed by atoms with van der Waals surface area (Å²) in [6.07, 6.45) is 0. The molecule has 0 aliphatic heterocycles. The second-order valence-corrected chi connectivity index (χ2v) is 31.4. The Morgan fingerprint density at radius 1 is 0.167 bits per heavy atom. The largest absolute Gasteiger partial charge is 0.456 e. The van der Waals surface area contributed by atoms with Crippen molar-refractivity contribution in [2.24, 2.45) is 0 Å². The minimum atomic E-state index is 0.610. The van der Waals surface area contributed by atoms with Gasteiger partial charge in [-0.25, -0.2) is 39.9 Å². The summed E-state index contributed by atoms with van der Waals surface area (Å²) < 4.78 is 13.3. The van der Waals surface area contributed by atoms with Crippen LogP contribution in [0.1, 0.15) is 33.4 Å². The summed E-state index contributed by atoms with van der Waals surface area (Å²) in [4.78, 5) is 41.0. The molecule has 0 saturated heterocycles. The Bertz CT molecular complexity index is 7600. The van der Waals surface area contributed by atoms with Crippen LogP contribution in [0.25, 0.3) is 223 Å². The molecule has 0 radical (unpaired) electrons. The van der Waals surface area contributed by atoms with Crippen molar-refractivity contribution in [2.45, 2.75) is 41.5 Å². The molecule has 0 bridgehead atoms. The molecule has 0 amide bonds. The molecule has 0 atom stereocenters. The first kappa shape index (κ1) is 72.2. The van der Waals surface area contributed by atoms with Crippen molar-refractivity contribution in [3.05, 3.63) is 385 Å². The van der Waals surface area contributed by atoms with E-state index in [2.05, 4.69) is 375 Å². The molecule has 0 aliphatic carbocycles. The lowest BCUT2D eigenvalue weighted by molar-refractivity contribution is 0.669. The summed E-state index contributed by atoms with van der Waals surface area (Å²) in [5.74, 6) is 3.80. The lowest BCUT2D eigenvalue weighted by atomic mass is 9.89. The van der Waals surface area contributed by atoms with Crippen molar-refractivity contribution in [2.75, 3.05) is 0 Å². The fourth-order valence-electron chi connectivity index (χ4n) is 17.3. The first-order chi connectivity index (χ1) is 58.9. The lowest BCUT2D eigenvalue weighted by Gasteiger charge is -2.16. The third-order valence-electron chi connectivity index (χ3n) is 22.9. The SMILES string of the molecule is Cc1cc(C)cc(-c2nc(-c3ccc(-c4nc5ccccc5c5c(-c6ccc(-c7ccccc7)cc6)c6c(cc45)oc4ccccc46)cc3)nc(-c3cc(C)cc(C)c3)n2)c1.Cc1ccc(-c2nc(-c3ccc(C)cc3)nc(-c3ccc(-c4nc5ccccc5c5c(-c6ccc(-c7ccccc7)cc6)c6c(cc45)oc4ccccc46)cc3)n2)cc1. The number of hydrogen-bond acceptors (Lipinski definition) is 10. The van der Waals surface area contributed by atoms with Crippen LogP contribution in [0.3, 0.4) is 0 Å². The van der Waals surface area contributed by atoms with Crippen LogP contribution in [-0.4, -0.2) is 39.9 Å². The van der Waals surface area contributed by atoms with Gasteiger partial charge < -0.3 is 8.83 Å². The van der Waals surface area contributed by atoms with Crippen molar-refractivity contribution < 1.29 is 8.83 Å². The minimum Gasteiger partial charge on any atom is -0.456 e. The van der Waals surface area contributed by atoms with E-state index in [0.717, 1.165) is 188 Å². The molecule has 0 saturated carbocycles. The van der Waals surface area contributed by atoms with Crippen LogP contribution in [0.15, 0.2) is 361 Å². The van der Waals surface area contributed by atoms with Gasteiger partial charge in [-0.1, -0.05) is 325 Å². The number of furan rings is 2. The molecule has 22 aromatic rings. The fraction of sp³-hybridized carbons (Fsp3) is 0.0545. The van der Waals surface area contributed by atoms with Crippen LogP contribution < -0.4 is 0 Å². The molecule has 6 aromatic heterocycles. The quantitative estimate of drug-likeness (QED) is 0.109. The highest BCUT2D eigenvalue weighted by Crippen LogP contribution is 2.50. The van der Waals surface area contributed by atoms with E-state index in [0.29, 0.717) is 34.9 Å². The van der Waals surface area contributed by atoms with Gasteiger partial charge in [0.15, 0.2) is 34.9 Å². The molecule has 0 spiro atoms. The molecule has 16 aromatic carbocycles. The Morgan fingerprint density at radius 2 is 0.433 bits per heavy atom. The molecule has 120 heavy (non-hydrogen) atoms. The van der Waals surface area contributed by atoms with Crippen molar-refractivity contribution in [1.29, 1.82) is 0 Å². The van der Waals surface area contributed by atoms with Gasteiger partial charge in [0.05, 0.1) is 22.4 Å². The fourth-order valence-corrected chi connectivity index (χ4v) is 17.3. The van der Waals surface area contributed by atoms with Gasteiger partial charge in [0.1, 0.15) is 22.3 Å². The molecule has 0 N–H and O–H groups in total. The van der Waals surface area contributed by atoms with E-state index in [4.69, 9.17) is 48.7 Å². The molecule has 10 nitrogen and oxygen atoms in total. The second-order valence-electron chi connectivity index (χ2n) is 31.4. The Hall–Kier alpha value is -15.5. The van der Waals surface area contributed by atoms with Crippen LogP contribution in [0.5, 0.6) is 0 Å². The Morgan fingerprint density at radius 3 is 0.783 bits per heavy atom. The van der Waals surface area contributed by atoms with E-state index in [1.54, 1.807) is 0 Å². The molecule has 0 fully saturated rings. The standard InChI is InChI=1S/C56H40N4O.C54H36N4O/c1-33-26-34(2)29-42(28-33)55-58-54(59-56(60-55)43-30-35(3)27-36(4)31-43)41-24-22-40(23-25-41)53-46-32-49-52(45-15-9-11-17-48(45)61-49)50(51(46)44-14-8-10-16-47(44)57-53)39-20-18-38(19-21-39)37-12-6-5-7-13-37;1-33-16-20-39(21-17-33)52-56-53(40-22-18-34(2)19-23-40)58-54(57-52)41-30-28-38(29-31-41)51-44-32-47-50(43-13-7-9-15-46(43)59-47)48(49(44)42-12-6-8-14-45(42)55-51)37-26-24-36(25-27-37)35-10-4-3-5-11-35/h5-32H,1-4H3;3-32H,1-2H3. The topological polar surface area (TPSA) is 129 Å². The maximum atomic E-state index is 6.67. The molecule has 568 valence electrons. The number of benzene rings is 16. The van der Waals surface area contributed by atoms with E-state index >= 15 is 0 Å². The smallest absolute Gasteiger partial charge is 0.164 e. The zero-order valence-corrected chi connectivity index (χ0v) is 66.9. The van der Waals surface area contributed by atoms with Gasteiger partial charge in [-0.3, -0.25) is 0 Å². The van der Waals surface area contributed by atoms with Crippen LogP contribution in [-0.2, 0) is 0 Å². The third-order valence-corrected chi connectivity index (χ3v) is 22.9. The van der Waals surface area contributed by atoms with Crippen molar-refractivity contribution in [3.8, 4) is 135 Å². The average molecular weight is 1540 g/mol. The molecular weight excluding hydrogens is 1470 g/mol. The highest BCUT2D eigenvalue weighted by Gasteiger charge is 2.26. The predicted octanol–water partition coefficient (Wildman–Crippen LogP) is 28.8. The average Bonchev–Trinajstić information content (AvgIpc) is 1.44. The van der Waals surface area contributed by atoms with Crippen molar-refractivity contribution >= 4 is 87.2 Å². The van der Waals surface area contributed by atoms with E-state index in [9.17, 15) is 0 Å². The van der Waals surface area contributed by atoms with Gasteiger partial charge in [-0.05, 0) is 136 Å². The number of nitrogens with zero attached hydrogens (tertiary/aromatic N) is 8. The summed E-state index contributed by atoms with van der Waals surface area (Å²) >= 11 is 0. The van der Waals surface area contributed by atoms with E-state index < -0.39 is 0 Å². The van der Waals surface area contributed by atoms with Crippen LogP contribution >= 0.6 is 0 Å². The molecule has 10 heteroatoms. The van der Waals surface area contributed by atoms with Gasteiger partial charge in [-0.15, -0.1) is 0 Å². The Balaban J connectivity index is 0.000000149. The number of rotatable bonds is 12. The predicted molar refractivity (Wildman–Crippen MR) is 493 cm³/mol. The van der Waals surface area contributed by atoms with Gasteiger partial charge >= 0.3 is 0 Å². The van der Waals surface area contributed by atoms with Crippen LogP contribution in [0.4, 0.5) is 0 Å². The molecular formula is C110H76N8O2. The summed E-state index contributed by atoms with van der Waals surface area (Å²) in [6.45, 7) is 12.6. The van der Waals surface area contributed by atoms with Crippen molar-refractivity contribution in [1.82, 2.24) is 39.9 Å². The number of pyridine rings is 2. The Labute approximate surface area is 693 Å². The van der Waals surface area contributed by atoms with Crippen LogP contribution in [0.2, 0.25) is 0 Å². The number of aromatic nitrogens is 8. The zero-order chi connectivity index (χ0) is 80.6. The van der Waals surface area contributed by atoms with Gasteiger partial charge in [0, 0.05) is 109 Å². The maximum Gasteiger partial charge on any atom is 0.164 e. The van der Waals surface area contributed by atoms with E-state index in [-0.39, 0.29) is 0 Å². The normalized spacial score (nSPS) is 11.6. The summed E-state index contributed by atoms with van der Waals surface area (Å²) in [5, 5.41) is 10.9. The third kappa shape index (κ3) is 13.4. The van der Waals surface area contributed by atoms with Crippen molar-refractivity contribution in [3.63, 3.8) is 0 Å². The van der Waals surface area contributed by atoms with E-state index in [1.807, 2.05) is 18.2 Å². The van der Waals surface area contributed by atoms with Crippen LogP contribution in [0, 0.1) is 41.5 Å². The minimum absolute atomic E-state index is 0.610. The number of hydrogen-bond donors (Lipinski definition) is 0. The number of para-hydroxylation sites is 4. The number of fused-ring (bicyclic) bond motifs is 12. The zero-order valence-electron chi connectivity index (χ0n) is 66.9. The summed E-state index contributed by atoms with van der Waals surface area (Å²) in [7, 11) is 0. The number of aryl methyl sites for hydroxylation is 6. The summed E-state index contributed by atoms with van der Waals surface area (Å²) in [6, 6.07) is 123. The van der Waals surface area contributed by atoms with E-state index in [1.165, 1.54) is 33.4 Å². The summed E-state index contributed by atoms with van der Waals surface area (Å²) in [5.41, 5.74) is 30.8. The molecule has 6 heterocycles. The first-order valence-electron chi connectivity index (χ1n) is 40.6. The molecule has 0 aliphatic rings. The molecule has 0 unspecified atom stereocenters. The second kappa shape index (κ2) is 30.0. The van der Waals surface area contributed by atoms with Gasteiger partial charge in [-0.2, -0.15) is 0 Å². The highest BCUT2D eigenvalue weighted by atomic mass is 16.3. The lowest BCUT2D eigenvalue weighted by Crippen LogP contribution is -2.01. The first-order valence-corrected chi connectivity index (χ1v) is 40.6. The highest BCUT2D eigenvalue weighted by molar-refractivity contribution is 6.29. The maximum absolute atomic E-state index is 6.67. The Kier molecular flexibility index (Phi) is 18.0. The molecule has 22 rings (SSSR count). The van der Waals surface area contributed by atoms with Gasteiger partial charge in [0.25, 0.3) is 0 Å². The van der Waals surface area contributed by atoms with Gasteiger partial charge in [0.2, 0.25) is 0 Å². The monoisotopic (exact) mass is 1540 g/mol.